The van der Waals surface area contributed by atoms with E-state index >= 15 is 0 Å². The number of methoxy groups -OCH3 is 1. The molecular weight excluding hydrogens is 254 g/mol. The highest BCUT2D eigenvalue weighted by molar-refractivity contribution is 6.31. The van der Waals surface area contributed by atoms with Crippen molar-refractivity contribution in [1.82, 2.24) is 5.16 Å². The first-order valence-electron chi connectivity index (χ1n) is 4.48. The van der Waals surface area contributed by atoms with Gasteiger partial charge in [0, 0.05) is 11.6 Å². The third-order valence-corrected chi connectivity index (χ3v) is 2.40. The summed E-state index contributed by atoms with van der Waals surface area (Å²) in [4.78, 5) is 0. The summed E-state index contributed by atoms with van der Waals surface area (Å²) in [6, 6.07) is 2.39. The van der Waals surface area contributed by atoms with Crippen LogP contribution < -0.4 is 10.5 Å². The van der Waals surface area contributed by atoms with Crippen LogP contribution in [-0.2, 0) is 0 Å². The van der Waals surface area contributed by atoms with Crippen molar-refractivity contribution in [3.8, 4) is 17.0 Å². The lowest BCUT2D eigenvalue weighted by molar-refractivity contribution is 0.360. The van der Waals surface area contributed by atoms with Gasteiger partial charge in [0.15, 0.2) is 17.4 Å². The number of nitrogens with zero attached hydrogens (tertiary/aromatic N) is 1. The van der Waals surface area contributed by atoms with Gasteiger partial charge in [-0.15, -0.1) is 0 Å². The number of anilines is 1. The molecule has 0 aliphatic rings. The molecule has 4 nitrogen and oxygen atoms in total. The molecule has 0 spiro atoms. The molecular formula is C10H7ClF2N2O2. The standard InChI is InChI=1S/C10H7ClF2N2O2/c1-16-10-8(12)4(2-5(11)9(10)13)6-3-7(14)17-15-6/h2-3H,14H2,1H3. The molecule has 0 aliphatic heterocycles. The van der Waals surface area contributed by atoms with Crippen molar-refractivity contribution >= 4 is 17.5 Å². The Morgan fingerprint density at radius 3 is 2.59 bits per heavy atom. The van der Waals surface area contributed by atoms with Crippen molar-refractivity contribution in [2.75, 3.05) is 12.8 Å². The second kappa shape index (κ2) is 4.21. The number of rotatable bonds is 2. The monoisotopic (exact) mass is 260 g/mol. The van der Waals surface area contributed by atoms with Crippen LogP contribution in [0.2, 0.25) is 5.02 Å². The molecule has 90 valence electrons. The number of hydrogen-bond donors (Lipinski definition) is 1. The van der Waals surface area contributed by atoms with Crippen molar-refractivity contribution in [3.05, 3.63) is 28.8 Å². The summed E-state index contributed by atoms with van der Waals surface area (Å²) in [5, 5.41) is 3.24. The normalized spacial score (nSPS) is 10.6. The van der Waals surface area contributed by atoms with Gasteiger partial charge in [-0.25, -0.2) is 8.78 Å². The van der Waals surface area contributed by atoms with Gasteiger partial charge in [0.1, 0.15) is 5.69 Å². The Balaban J connectivity index is 2.67. The second-order valence-electron chi connectivity index (χ2n) is 3.18. The minimum Gasteiger partial charge on any atom is -0.491 e. The van der Waals surface area contributed by atoms with Crippen LogP contribution in [0, 0.1) is 11.6 Å². The fraction of sp³-hybridized carbons (Fsp3) is 0.100. The molecule has 0 atom stereocenters. The average Bonchev–Trinajstić information content (AvgIpc) is 2.71. The first-order chi connectivity index (χ1) is 8.04. The molecule has 1 aromatic heterocycles. The maximum atomic E-state index is 13.9. The zero-order valence-corrected chi connectivity index (χ0v) is 9.39. The van der Waals surface area contributed by atoms with E-state index in [1.165, 1.54) is 6.07 Å². The lowest BCUT2D eigenvalue weighted by Crippen LogP contribution is -1.96. The van der Waals surface area contributed by atoms with Crippen LogP contribution in [0.15, 0.2) is 16.7 Å². The Labute approximate surface area is 99.9 Å². The smallest absolute Gasteiger partial charge is 0.222 e. The number of benzene rings is 1. The summed E-state index contributed by atoms with van der Waals surface area (Å²) in [6.45, 7) is 0. The molecule has 0 saturated carbocycles. The van der Waals surface area contributed by atoms with E-state index in [0.717, 1.165) is 13.2 Å². The van der Waals surface area contributed by atoms with Crippen LogP contribution in [0.5, 0.6) is 5.75 Å². The van der Waals surface area contributed by atoms with Crippen molar-refractivity contribution in [2.45, 2.75) is 0 Å². The first kappa shape index (κ1) is 11.7. The molecule has 17 heavy (non-hydrogen) atoms. The highest BCUT2D eigenvalue weighted by Gasteiger charge is 2.21. The van der Waals surface area contributed by atoms with E-state index < -0.39 is 17.4 Å². The minimum atomic E-state index is -0.966. The van der Waals surface area contributed by atoms with E-state index in [0.29, 0.717) is 0 Å². The molecule has 0 fully saturated rings. The summed E-state index contributed by atoms with van der Waals surface area (Å²) in [5.74, 6) is -2.44. The van der Waals surface area contributed by atoms with Gasteiger partial charge in [0.05, 0.1) is 12.1 Å². The first-order valence-corrected chi connectivity index (χ1v) is 4.86. The molecule has 0 amide bonds. The topological polar surface area (TPSA) is 61.3 Å². The summed E-state index contributed by atoms with van der Waals surface area (Å²) >= 11 is 5.62. The fourth-order valence-corrected chi connectivity index (χ4v) is 1.56. The zero-order valence-electron chi connectivity index (χ0n) is 8.63. The van der Waals surface area contributed by atoms with Gasteiger partial charge < -0.3 is 15.0 Å². The van der Waals surface area contributed by atoms with E-state index in [1.807, 2.05) is 0 Å². The van der Waals surface area contributed by atoms with E-state index in [4.69, 9.17) is 17.3 Å². The SMILES string of the molecule is COc1c(F)c(Cl)cc(-c2cc(N)on2)c1F. The molecule has 2 rings (SSSR count). The highest BCUT2D eigenvalue weighted by Crippen LogP contribution is 2.35. The Hall–Kier alpha value is -1.82. The van der Waals surface area contributed by atoms with Crippen LogP contribution >= 0.6 is 11.6 Å². The predicted molar refractivity (Wildman–Crippen MR) is 57.8 cm³/mol. The summed E-state index contributed by atoms with van der Waals surface area (Å²) in [5.41, 5.74) is 5.38. The average molecular weight is 261 g/mol. The van der Waals surface area contributed by atoms with E-state index in [-0.39, 0.29) is 22.2 Å². The Kier molecular flexibility index (Phi) is 2.89. The lowest BCUT2D eigenvalue weighted by Gasteiger charge is -2.07. The molecule has 0 radical (unpaired) electrons. The lowest BCUT2D eigenvalue weighted by atomic mass is 10.1. The predicted octanol–water partition coefficient (Wildman–Crippen LogP) is 2.86. The Morgan fingerprint density at radius 1 is 1.35 bits per heavy atom. The van der Waals surface area contributed by atoms with Crippen LogP contribution in [-0.4, -0.2) is 12.3 Å². The van der Waals surface area contributed by atoms with Gasteiger partial charge in [0.2, 0.25) is 5.88 Å². The maximum Gasteiger partial charge on any atom is 0.222 e. The quantitative estimate of drug-likeness (QED) is 0.844. The largest absolute Gasteiger partial charge is 0.491 e. The summed E-state index contributed by atoms with van der Waals surface area (Å²) in [7, 11) is 1.14. The maximum absolute atomic E-state index is 13.9. The van der Waals surface area contributed by atoms with Gasteiger partial charge >= 0.3 is 0 Å². The second-order valence-corrected chi connectivity index (χ2v) is 3.59. The fourth-order valence-electron chi connectivity index (χ4n) is 1.36. The van der Waals surface area contributed by atoms with Crippen LogP contribution in [0.25, 0.3) is 11.3 Å². The summed E-state index contributed by atoms with van der Waals surface area (Å²) in [6.07, 6.45) is 0. The molecule has 0 unspecified atom stereocenters. The third kappa shape index (κ3) is 1.91. The van der Waals surface area contributed by atoms with E-state index in [1.54, 1.807) is 0 Å². The molecule has 0 bridgehead atoms. The number of halogens is 3. The Bertz CT molecular complexity index is 572. The molecule has 2 aromatic rings. The van der Waals surface area contributed by atoms with Crippen LogP contribution in [0.1, 0.15) is 0 Å². The molecule has 0 saturated heterocycles. The van der Waals surface area contributed by atoms with Crippen molar-refractivity contribution < 1.29 is 18.0 Å². The number of nitrogen functional groups attached to an aromatic ring is 1. The molecule has 0 aliphatic carbocycles. The van der Waals surface area contributed by atoms with Gasteiger partial charge in [-0.05, 0) is 6.07 Å². The highest BCUT2D eigenvalue weighted by atomic mass is 35.5. The van der Waals surface area contributed by atoms with Crippen molar-refractivity contribution in [2.24, 2.45) is 0 Å². The van der Waals surface area contributed by atoms with Crippen molar-refractivity contribution in [1.29, 1.82) is 0 Å². The number of aromatic nitrogens is 1. The van der Waals surface area contributed by atoms with E-state index in [9.17, 15) is 8.78 Å². The molecule has 1 heterocycles. The van der Waals surface area contributed by atoms with Gasteiger partial charge in [-0.3, -0.25) is 0 Å². The van der Waals surface area contributed by atoms with Gasteiger partial charge in [-0.2, -0.15) is 0 Å². The third-order valence-electron chi connectivity index (χ3n) is 2.12. The number of hydrogen-bond acceptors (Lipinski definition) is 4. The molecule has 2 N–H and O–H groups in total. The minimum absolute atomic E-state index is 0.0128. The van der Waals surface area contributed by atoms with Gasteiger partial charge in [0.25, 0.3) is 0 Å². The molecule has 7 heteroatoms. The summed E-state index contributed by atoms with van der Waals surface area (Å²) < 4.78 is 36.5. The van der Waals surface area contributed by atoms with Crippen LogP contribution in [0.3, 0.4) is 0 Å². The number of ether oxygens (including phenoxy) is 1. The zero-order chi connectivity index (χ0) is 12.6. The van der Waals surface area contributed by atoms with Gasteiger partial charge in [-0.1, -0.05) is 16.8 Å². The number of nitrogens with two attached hydrogens (primary N) is 1. The Morgan fingerprint density at radius 2 is 2.06 bits per heavy atom. The van der Waals surface area contributed by atoms with Crippen molar-refractivity contribution in [3.63, 3.8) is 0 Å². The molecule has 1 aromatic carbocycles. The van der Waals surface area contributed by atoms with Crippen LogP contribution in [0.4, 0.5) is 14.7 Å². The van der Waals surface area contributed by atoms with E-state index in [2.05, 4.69) is 14.4 Å².